The summed E-state index contributed by atoms with van der Waals surface area (Å²) in [4.78, 5) is 8.38. The van der Waals surface area contributed by atoms with Crippen molar-refractivity contribution in [1.29, 1.82) is 0 Å². The second kappa shape index (κ2) is 13.1. The van der Waals surface area contributed by atoms with Crippen molar-refractivity contribution < 1.29 is 32.5 Å². The number of pyridine rings is 1. The average Bonchev–Trinajstić information content (AvgIpc) is 3.21. The Hall–Kier alpha value is -2.61. The molecule has 0 atom stereocenters. The van der Waals surface area contributed by atoms with Gasteiger partial charge in [-0.1, -0.05) is 6.07 Å². The smallest absolute Gasteiger partial charge is 0.387 e. The summed E-state index contributed by atoms with van der Waals surface area (Å²) in [6.07, 6.45) is 1.64. The number of methoxy groups -OCH3 is 1. The van der Waals surface area contributed by atoms with E-state index in [0.717, 1.165) is 5.56 Å². The Morgan fingerprint density at radius 1 is 1.16 bits per heavy atom. The minimum atomic E-state index is -2.96. The van der Waals surface area contributed by atoms with Gasteiger partial charge in [-0.3, -0.25) is 4.99 Å². The van der Waals surface area contributed by atoms with Crippen LogP contribution in [0.25, 0.3) is 0 Å². The van der Waals surface area contributed by atoms with Gasteiger partial charge in [0.1, 0.15) is 12.4 Å². The van der Waals surface area contributed by atoms with E-state index in [-0.39, 0.29) is 43.1 Å². The lowest BCUT2D eigenvalue weighted by Crippen LogP contribution is -2.36. The summed E-state index contributed by atoms with van der Waals surface area (Å²) in [6, 6.07) is 6.67. The molecule has 0 fully saturated rings. The Kier molecular flexibility index (Phi) is 10.5. The number of benzene rings is 1. The predicted octanol–water partition coefficient (Wildman–Crippen LogP) is 2.92. The van der Waals surface area contributed by atoms with E-state index in [0.29, 0.717) is 48.7 Å². The zero-order valence-corrected chi connectivity index (χ0v) is 19.9. The number of nitrogens with zero attached hydrogens (tertiary/aromatic N) is 2. The maximum atomic E-state index is 12.8. The van der Waals surface area contributed by atoms with E-state index in [9.17, 15) is 8.78 Å². The number of alkyl halides is 2. The number of hydrogen-bond donors (Lipinski definition) is 2. The highest BCUT2D eigenvalue weighted by atomic mass is 127. The van der Waals surface area contributed by atoms with Crippen molar-refractivity contribution in [2.45, 2.75) is 19.7 Å². The van der Waals surface area contributed by atoms with Crippen LogP contribution in [0.15, 0.2) is 35.5 Å². The highest BCUT2D eigenvalue weighted by molar-refractivity contribution is 14.0. The Bertz CT molecular complexity index is 904. The van der Waals surface area contributed by atoms with Crippen LogP contribution in [0, 0.1) is 0 Å². The molecule has 2 N–H and O–H groups in total. The zero-order chi connectivity index (χ0) is 22.1. The highest BCUT2D eigenvalue weighted by Gasteiger charge is 2.20. The van der Waals surface area contributed by atoms with Crippen LogP contribution in [0.1, 0.15) is 11.1 Å². The number of guanidine groups is 1. The molecule has 0 amide bonds. The monoisotopic (exact) mass is 566 g/mol. The van der Waals surface area contributed by atoms with Gasteiger partial charge < -0.3 is 34.3 Å². The first-order valence-electron chi connectivity index (χ1n) is 9.48. The summed E-state index contributed by atoms with van der Waals surface area (Å²) in [5.41, 5.74) is 1.30. The molecule has 3 rings (SSSR count). The molecule has 9 nitrogen and oxygen atoms in total. The third kappa shape index (κ3) is 7.22. The maximum absolute atomic E-state index is 12.8. The third-order valence-electron chi connectivity index (χ3n) is 4.26. The molecule has 0 unspecified atom stereocenters. The van der Waals surface area contributed by atoms with Gasteiger partial charge in [0.2, 0.25) is 12.7 Å². The standard InChI is InChI=1S/C20H24F2N4O5.HI/c1-23-20(25-10-13-4-3-5-24-18(13)28-7-6-27-2)26-11-14-8-16-17(30-12-29-16)9-15(14)31-19(21)22;/h3-5,8-9,19H,6-7,10-12H2,1-2H3,(H2,23,25,26);1H. The van der Waals surface area contributed by atoms with Gasteiger partial charge in [-0.15, -0.1) is 24.0 Å². The number of ether oxygens (including phenoxy) is 5. The topological polar surface area (TPSA) is 95.5 Å². The van der Waals surface area contributed by atoms with E-state index in [1.165, 1.54) is 6.07 Å². The van der Waals surface area contributed by atoms with Crippen molar-refractivity contribution in [3.63, 3.8) is 0 Å². The number of fused-ring (bicyclic) bond motifs is 1. The summed E-state index contributed by atoms with van der Waals surface area (Å²) in [5, 5.41) is 6.21. The van der Waals surface area contributed by atoms with Crippen LogP contribution in [-0.4, -0.2) is 51.7 Å². The largest absolute Gasteiger partial charge is 0.475 e. The molecular weight excluding hydrogens is 541 g/mol. The van der Waals surface area contributed by atoms with Crippen LogP contribution < -0.4 is 29.6 Å². The first-order valence-corrected chi connectivity index (χ1v) is 9.48. The molecule has 0 saturated carbocycles. The quantitative estimate of drug-likeness (QED) is 0.196. The van der Waals surface area contributed by atoms with Gasteiger partial charge >= 0.3 is 6.61 Å². The van der Waals surface area contributed by atoms with E-state index in [2.05, 4.69) is 25.3 Å². The van der Waals surface area contributed by atoms with Crippen molar-refractivity contribution in [3.8, 4) is 23.1 Å². The second-order valence-electron chi connectivity index (χ2n) is 6.28. The highest BCUT2D eigenvalue weighted by Crippen LogP contribution is 2.38. The Balaban J connectivity index is 0.00000363. The SMILES string of the molecule is CN=C(NCc1cc2c(cc1OC(F)F)OCO2)NCc1cccnc1OCCOC.I. The number of nitrogens with one attached hydrogen (secondary N) is 2. The Labute approximate surface area is 201 Å². The van der Waals surface area contributed by atoms with Gasteiger partial charge in [0, 0.05) is 50.6 Å². The average molecular weight is 566 g/mol. The fourth-order valence-corrected chi connectivity index (χ4v) is 2.80. The van der Waals surface area contributed by atoms with Crippen LogP contribution in [0.4, 0.5) is 8.78 Å². The second-order valence-corrected chi connectivity index (χ2v) is 6.28. The number of halogens is 3. The van der Waals surface area contributed by atoms with Gasteiger partial charge in [0.15, 0.2) is 17.5 Å². The lowest BCUT2D eigenvalue weighted by atomic mass is 10.1. The third-order valence-corrected chi connectivity index (χ3v) is 4.26. The van der Waals surface area contributed by atoms with Crippen LogP contribution in [0.3, 0.4) is 0 Å². The summed E-state index contributed by atoms with van der Waals surface area (Å²) < 4.78 is 51.4. The summed E-state index contributed by atoms with van der Waals surface area (Å²) in [5.74, 6) is 1.77. The molecule has 2 heterocycles. The molecule has 1 aromatic carbocycles. The number of aliphatic imine (C=N–C) groups is 1. The van der Waals surface area contributed by atoms with Crippen molar-refractivity contribution in [3.05, 3.63) is 41.6 Å². The molecule has 1 aromatic heterocycles. The number of hydrogen-bond acceptors (Lipinski definition) is 7. The molecule has 0 bridgehead atoms. The molecular formula is C20H25F2IN4O5. The van der Waals surface area contributed by atoms with Crippen molar-refractivity contribution in [2.75, 3.05) is 34.2 Å². The Morgan fingerprint density at radius 2 is 1.88 bits per heavy atom. The van der Waals surface area contributed by atoms with Gasteiger partial charge in [-0.2, -0.15) is 8.78 Å². The minimum absolute atomic E-state index is 0. The summed E-state index contributed by atoms with van der Waals surface area (Å²) in [6.45, 7) is -1.54. The molecule has 1 aliphatic rings. The van der Waals surface area contributed by atoms with E-state index >= 15 is 0 Å². The lowest BCUT2D eigenvalue weighted by molar-refractivity contribution is -0.0505. The molecule has 1 aliphatic heterocycles. The fraction of sp³-hybridized carbons (Fsp3) is 0.400. The number of rotatable bonds is 10. The zero-order valence-electron chi connectivity index (χ0n) is 17.6. The Morgan fingerprint density at radius 3 is 2.56 bits per heavy atom. The normalized spacial score (nSPS) is 12.3. The van der Waals surface area contributed by atoms with E-state index < -0.39 is 6.61 Å². The molecule has 176 valence electrons. The summed E-state index contributed by atoms with van der Waals surface area (Å²) >= 11 is 0. The van der Waals surface area contributed by atoms with E-state index in [1.807, 2.05) is 6.07 Å². The minimum Gasteiger partial charge on any atom is -0.475 e. The lowest BCUT2D eigenvalue weighted by Gasteiger charge is -2.16. The van der Waals surface area contributed by atoms with Crippen LogP contribution in [0.5, 0.6) is 23.1 Å². The van der Waals surface area contributed by atoms with Crippen molar-refractivity contribution in [2.24, 2.45) is 4.99 Å². The molecule has 32 heavy (non-hydrogen) atoms. The van der Waals surface area contributed by atoms with Crippen LogP contribution >= 0.6 is 24.0 Å². The van der Waals surface area contributed by atoms with E-state index in [4.69, 9.17) is 18.9 Å². The van der Waals surface area contributed by atoms with Gasteiger partial charge in [0.25, 0.3) is 0 Å². The fourth-order valence-electron chi connectivity index (χ4n) is 2.80. The number of aromatic nitrogens is 1. The van der Waals surface area contributed by atoms with Gasteiger partial charge in [-0.25, -0.2) is 4.98 Å². The van der Waals surface area contributed by atoms with Crippen LogP contribution in [0.2, 0.25) is 0 Å². The molecule has 0 aliphatic carbocycles. The van der Waals surface area contributed by atoms with Crippen molar-refractivity contribution >= 4 is 29.9 Å². The van der Waals surface area contributed by atoms with Crippen LogP contribution in [-0.2, 0) is 17.8 Å². The molecule has 0 saturated heterocycles. The molecule has 0 radical (unpaired) electrons. The van der Waals surface area contributed by atoms with Crippen molar-refractivity contribution in [1.82, 2.24) is 15.6 Å². The van der Waals surface area contributed by atoms with Gasteiger partial charge in [-0.05, 0) is 12.1 Å². The molecule has 12 heteroatoms. The molecule has 2 aromatic rings. The first-order chi connectivity index (χ1) is 15.1. The maximum Gasteiger partial charge on any atom is 0.387 e. The molecule has 0 spiro atoms. The predicted molar refractivity (Wildman–Crippen MR) is 123 cm³/mol. The van der Waals surface area contributed by atoms with Gasteiger partial charge in [0.05, 0.1) is 6.61 Å². The first kappa shape index (κ1) is 25.6. The summed E-state index contributed by atoms with van der Waals surface area (Å²) in [7, 11) is 3.20. The van der Waals surface area contributed by atoms with E-state index in [1.54, 1.807) is 32.5 Å².